The summed E-state index contributed by atoms with van der Waals surface area (Å²) in [5, 5.41) is 10.6. The maximum Gasteiger partial charge on any atom is 0.471 e. The molecule has 0 saturated heterocycles. The SMILES string of the molecule is O=C(O)c1ccc(NC(=O)C(F)(F)F)c(-n2ccnc2)c1. The number of aromatic carboxylic acids is 1. The van der Waals surface area contributed by atoms with Crippen LogP contribution in [0.15, 0.2) is 36.9 Å². The number of amides is 1. The monoisotopic (exact) mass is 299 g/mol. The average molecular weight is 299 g/mol. The molecule has 110 valence electrons. The van der Waals surface area contributed by atoms with Gasteiger partial charge >= 0.3 is 18.1 Å². The van der Waals surface area contributed by atoms with E-state index in [1.807, 2.05) is 0 Å². The summed E-state index contributed by atoms with van der Waals surface area (Å²) in [6.07, 6.45) is -1.01. The maximum atomic E-state index is 12.3. The quantitative estimate of drug-likeness (QED) is 0.908. The van der Waals surface area contributed by atoms with Gasteiger partial charge in [0.15, 0.2) is 0 Å². The van der Waals surface area contributed by atoms with E-state index in [4.69, 9.17) is 5.11 Å². The summed E-state index contributed by atoms with van der Waals surface area (Å²) in [5.41, 5.74) is -0.256. The molecular formula is C12H8F3N3O3. The van der Waals surface area contributed by atoms with E-state index in [0.29, 0.717) is 0 Å². The first kappa shape index (κ1) is 14.6. The Morgan fingerprint density at radius 3 is 2.52 bits per heavy atom. The van der Waals surface area contributed by atoms with Crippen molar-refractivity contribution in [3.8, 4) is 5.69 Å². The third kappa shape index (κ3) is 3.19. The Bertz CT molecular complexity index is 681. The predicted molar refractivity (Wildman–Crippen MR) is 65.2 cm³/mol. The first-order chi connectivity index (χ1) is 9.79. The Balaban J connectivity index is 2.46. The third-order valence-electron chi connectivity index (χ3n) is 2.53. The summed E-state index contributed by atoms with van der Waals surface area (Å²) in [7, 11) is 0. The first-order valence-corrected chi connectivity index (χ1v) is 5.53. The topological polar surface area (TPSA) is 84.2 Å². The number of alkyl halides is 3. The second-order valence-corrected chi connectivity index (χ2v) is 3.96. The fraction of sp³-hybridized carbons (Fsp3) is 0.0833. The Morgan fingerprint density at radius 2 is 2.00 bits per heavy atom. The zero-order chi connectivity index (χ0) is 15.6. The van der Waals surface area contributed by atoms with Gasteiger partial charge in [-0.05, 0) is 18.2 Å². The number of benzene rings is 1. The largest absolute Gasteiger partial charge is 0.478 e. The molecule has 2 N–H and O–H groups in total. The Kier molecular flexibility index (Phi) is 3.66. The average Bonchev–Trinajstić information content (AvgIpc) is 2.91. The minimum absolute atomic E-state index is 0.0602. The van der Waals surface area contributed by atoms with Gasteiger partial charge in [0.25, 0.3) is 0 Å². The van der Waals surface area contributed by atoms with E-state index < -0.39 is 18.1 Å². The molecule has 1 heterocycles. The Morgan fingerprint density at radius 1 is 1.29 bits per heavy atom. The van der Waals surface area contributed by atoms with Crippen molar-refractivity contribution in [3.63, 3.8) is 0 Å². The number of hydrogen-bond acceptors (Lipinski definition) is 3. The van der Waals surface area contributed by atoms with Gasteiger partial charge in [0, 0.05) is 12.4 Å². The molecule has 9 heteroatoms. The number of carboxylic acid groups (broad SMARTS) is 1. The number of nitrogens with one attached hydrogen (secondary N) is 1. The van der Waals surface area contributed by atoms with Crippen molar-refractivity contribution in [3.05, 3.63) is 42.5 Å². The van der Waals surface area contributed by atoms with Crippen LogP contribution in [0.25, 0.3) is 5.69 Å². The molecule has 0 aliphatic rings. The van der Waals surface area contributed by atoms with Gasteiger partial charge in [-0.25, -0.2) is 9.78 Å². The zero-order valence-electron chi connectivity index (χ0n) is 10.3. The van der Waals surface area contributed by atoms with Crippen LogP contribution in [0.3, 0.4) is 0 Å². The molecule has 0 radical (unpaired) electrons. The molecule has 2 rings (SSSR count). The highest BCUT2D eigenvalue weighted by molar-refractivity contribution is 5.98. The van der Waals surface area contributed by atoms with E-state index in [9.17, 15) is 22.8 Å². The van der Waals surface area contributed by atoms with E-state index in [1.54, 1.807) is 5.32 Å². The van der Waals surface area contributed by atoms with Crippen molar-refractivity contribution < 1.29 is 27.9 Å². The summed E-state index contributed by atoms with van der Waals surface area (Å²) in [5.74, 6) is -3.39. The summed E-state index contributed by atoms with van der Waals surface area (Å²) in [4.78, 5) is 25.6. The molecule has 0 unspecified atom stereocenters. The van der Waals surface area contributed by atoms with E-state index in [0.717, 1.165) is 18.2 Å². The Labute approximate surface area is 115 Å². The van der Waals surface area contributed by atoms with E-state index in [1.165, 1.54) is 23.3 Å². The zero-order valence-corrected chi connectivity index (χ0v) is 10.3. The second-order valence-electron chi connectivity index (χ2n) is 3.96. The van der Waals surface area contributed by atoms with E-state index >= 15 is 0 Å². The van der Waals surface area contributed by atoms with Crippen molar-refractivity contribution in [2.75, 3.05) is 5.32 Å². The van der Waals surface area contributed by atoms with Crippen molar-refractivity contribution in [2.24, 2.45) is 0 Å². The van der Waals surface area contributed by atoms with Crippen LogP contribution in [0.1, 0.15) is 10.4 Å². The van der Waals surface area contributed by atoms with Gasteiger partial charge in [0.2, 0.25) is 0 Å². The lowest BCUT2D eigenvalue weighted by Gasteiger charge is -2.13. The van der Waals surface area contributed by atoms with Crippen molar-refractivity contribution in [1.29, 1.82) is 0 Å². The number of carboxylic acids is 1. The number of rotatable bonds is 3. The van der Waals surface area contributed by atoms with Crippen LogP contribution in [0, 0.1) is 0 Å². The summed E-state index contributed by atoms with van der Waals surface area (Å²) in [6.45, 7) is 0. The first-order valence-electron chi connectivity index (χ1n) is 5.53. The molecule has 1 aromatic heterocycles. The van der Waals surface area contributed by atoms with Crippen molar-refractivity contribution in [1.82, 2.24) is 9.55 Å². The molecule has 0 aliphatic heterocycles. The number of halogens is 3. The van der Waals surface area contributed by atoms with Crippen LogP contribution in [-0.2, 0) is 4.79 Å². The number of nitrogens with zero attached hydrogens (tertiary/aromatic N) is 2. The van der Waals surface area contributed by atoms with Gasteiger partial charge in [-0.3, -0.25) is 4.79 Å². The van der Waals surface area contributed by atoms with Gasteiger partial charge in [-0.15, -0.1) is 0 Å². The molecule has 0 saturated carbocycles. The summed E-state index contributed by atoms with van der Waals surface area (Å²) in [6, 6.07) is 3.31. The highest BCUT2D eigenvalue weighted by Crippen LogP contribution is 2.25. The fourth-order valence-electron chi connectivity index (χ4n) is 1.58. The summed E-state index contributed by atoms with van der Waals surface area (Å²) >= 11 is 0. The number of imidazole rings is 1. The number of aromatic nitrogens is 2. The van der Waals surface area contributed by atoms with Gasteiger partial charge in [-0.2, -0.15) is 13.2 Å². The molecule has 1 aromatic carbocycles. The lowest BCUT2D eigenvalue weighted by atomic mass is 10.1. The van der Waals surface area contributed by atoms with Gasteiger partial charge in [0.1, 0.15) is 0 Å². The van der Waals surface area contributed by atoms with Gasteiger partial charge in [-0.1, -0.05) is 0 Å². The highest BCUT2D eigenvalue weighted by Gasteiger charge is 2.39. The molecule has 0 bridgehead atoms. The van der Waals surface area contributed by atoms with Crippen LogP contribution in [0.5, 0.6) is 0 Å². The molecule has 2 aromatic rings. The van der Waals surface area contributed by atoms with Crippen LogP contribution in [0.2, 0.25) is 0 Å². The lowest BCUT2D eigenvalue weighted by molar-refractivity contribution is -0.167. The fourth-order valence-corrected chi connectivity index (χ4v) is 1.58. The third-order valence-corrected chi connectivity index (χ3v) is 2.53. The van der Waals surface area contributed by atoms with Crippen LogP contribution in [0.4, 0.5) is 18.9 Å². The molecule has 21 heavy (non-hydrogen) atoms. The Hall–Kier alpha value is -2.84. The molecule has 0 fully saturated rings. The predicted octanol–water partition coefficient (Wildman–Crippen LogP) is 2.07. The number of anilines is 1. The minimum atomic E-state index is -5.04. The van der Waals surface area contributed by atoms with Crippen molar-refractivity contribution in [2.45, 2.75) is 6.18 Å². The standard InChI is InChI=1S/C12H8F3N3O3/c13-12(14,15)11(21)17-8-2-1-7(10(19)20)5-9(8)18-4-3-16-6-18/h1-6H,(H,17,21)(H,19,20). The normalized spacial score (nSPS) is 11.2. The van der Waals surface area contributed by atoms with Crippen LogP contribution in [-0.4, -0.2) is 32.7 Å². The maximum absolute atomic E-state index is 12.3. The van der Waals surface area contributed by atoms with E-state index in [2.05, 4.69) is 4.98 Å². The molecule has 6 nitrogen and oxygen atoms in total. The number of carbonyl (C=O) groups excluding carboxylic acids is 1. The molecule has 0 aliphatic carbocycles. The van der Waals surface area contributed by atoms with Crippen LogP contribution < -0.4 is 5.32 Å². The second kappa shape index (κ2) is 5.27. The smallest absolute Gasteiger partial charge is 0.471 e. The van der Waals surface area contributed by atoms with E-state index in [-0.39, 0.29) is 16.9 Å². The molecule has 0 atom stereocenters. The van der Waals surface area contributed by atoms with Gasteiger partial charge in [0.05, 0.1) is 23.3 Å². The molecular weight excluding hydrogens is 291 g/mol. The summed E-state index contributed by atoms with van der Waals surface area (Å²) < 4.78 is 38.2. The molecule has 1 amide bonds. The highest BCUT2D eigenvalue weighted by atomic mass is 19.4. The lowest BCUT2D eigenvalue weighted by Crippen LogP contribution is -2.30. The van der Waals surface area contributed by atoms with Gasteiger partial charge < -0.3 is 15.0 Å². The minimum Gasteiger partial charge on any atom is -0.478 e. The number of carbonyl (C=O) groups is 2. The van der Waals surface area contributed by atoms with Crippen LogP contribution >= 0.6 is 0 Å². The number of hydrogen-bond donors (Lipinski definition) is 2. The molecule has 0 spiro atoms. The van der Waals surface area contributed by atoms with Crippen molar-refractivity contribution >= 4 is 17.6 Å².